The summed E-state index contributed by atoms with van der Waals surface area (Å²) in [7, 11) is 0. The summed E-state index contributed by atoms with van der Waals surface area (Å²) in [5.41, 5.74) is 0.101. The summed E-state index contributed by atoms with van der Waals surface area (Å²) in [6.45, 7) is 6.66. The first-order valence-corrected chi connectivity index (χ1v) is 7.51. The molecule has 2 unspecified atom stereocenters. The molecule has 1 fully saturated rings. The van der Waals surface area contributed by atoms with Crippen molar-refractivity contribution in [2.75, 3.05) is 12.3 Å². The Morgan fingerprint density at radius 3 is 2.71 bits per heavy atom. The molecule has 0 aliphatic carbocycles. The maximum absolute atomic E-state index is 11.8. The Kier molecular flexibility index (Phi) is 5.80. The average Bonchev–Trinajstić information content (AvgIpc) is 2.25. The first-order valence-electron chi connectivity index (χ1n) is 6.46. The second-order valence-corrected chi connectivity index (χ2v) is 7.33. The molecule has 1 aliphatic rings. The van der Waals surface area contributed by atoms with E-state index in [1.54, 1.807) is 11.8 Å². The predicted molar refractivity (Wildman–Crippen MR) is 73.2 cm³/mol. The van der Waals surface area contributed by atoms with Gasteiger partial charge in [-0.1, -0.05) is 27.2 Å². The highest BCUT2D eigenvalue weighted by atomic mass is 32.2. The lowest BCUT2D eigenvalue weighted by atomic mass is 9.89. The van der Waals surface area contributed by atoms with Gasteiger partial charge in [0.1, 0.15) is 0 Å². The molecule has 1 heterocycles. The van der Waals surface area contributed by atoms with Crippen LogP contribution in [-0.4, -0.2) is 34.7 Å². The van der Waals surface area contributed by atoms with Crippen LogP contribution in [-0.2, 0) is 4.79 Å². The SMILES string of the molecule is CC(C)(C)CC(O)CNC(=O)C1CCCCS1. The van der Waals surface area contributed by atoms with E-state index >= 15 is 0 Å². The van der Waals surface area contributed by atoms with E-state index < -0.39 is 6.10 Å². The third-order valence-corrected chi connectivity index (χ3v) is 4.21. The highest BCUT2D eigenvalue weighted by Gasteiger charge is 2.23. The molecule has 0 bridgehead atoms. The van der Waals surface area contributed by atoms with Crippen molar-refractivity contribution < 1.29 is 9.90 Å². The van der Waals surface area contributed by atoms with Crippen LogP contribution in [0, 0.1) is 5.41 Å². The van der Waals surface area contributed by atoms with E-state index in [-0.39, 0.29) is 16.6 Å². The number of nitrogens with one attached hydrogen (secondary N) is 1. The lowest BCUT2D eigenvalue weighted by Crippen LogP contribution is -2.39. The van der Waals surface area contributed by atoms with E-state index in [1.807, 2.05) is 0 Å². The van der Waals surface area contributed by atoms with Gasteiger partial charge < -0.3 is 10.4 Å². The number of aliphatic hydroxyl groups is 1. The topological polar surface area (TPSA) is 49.3 Å². The van der Waals surface area contributed by atoms with E-state index in [2.05, 4.69) is 26.1 Å². The molecule has 2 atom stereocenters. The molecule has 0 radical (unpaired) electrons. The fraction of sp³-hybridized carbons (Fsp3) is 0.923. The summed E-state index contributed by atoms with van der Waals surface area (Å²) in [6.07, 6.45) is 3.63. The quantitative estimate of drug-likeness (QED) is 0.813. The Labute approximate surface area is 109 Å². The number of aliphatic hydroxyl groups excluding tert-OH is 1. The zero-order valence-electron chi connectivity index (χ0n) is 11.2. The highest BCUT2D eigenvalue weighted by molar-refractivity contribution is 8.00. The molecule has 1 aliphatic heterocycles. The largest absolute Gasteiger partial charge is 0.391 e. The molecular weight excluding hydrogens is 234 g/mol. The lowest BCUT2D eigenvalue weighted by molar-refractivity contribution is -0.121. The Morgan fingerprint density at radius 1 is 1.47 bits per heavy atom. The van der Waals surface area contributed by atoms with Crippen LogP contribution >= 0.6 is 11.8 Å². The lowest BCUT2D eigenvalue weighted by Gasteiger charge is -2.24. The van der Waals surface area contributed by atoms with Crippen LogP contribution in [0.25, 0.3) is 0 Å². The van der Waals surface area contributed by atoms with Crippen LogP contribution in [0.5, 0.6) is 0 Å². The molecule has 0 saturated carbocycles. The van der Waals surface area contributed by atoms with Gasteiger partial charge in [0, 0.05) is 6.54 Å². The minimum Gasteiger partial charge on any atom is -0.391 e. The first kappa shape index (κ1) is 14.8. The predicted octanol–water partition coefficient (Wildman–Crippen LogP) is 2.19. The van der Waals surface area contributed by atoms with E-state index in [9.17, 15) is 9.90 Å². The first-order chi connectivity index (χ1) is 7.88. The number of hydrogen-bond donors (Lipinski definition) is 2. The van der Waals surface area contributed by atoms with Crippen molar-refractivity contribution in [1.82, 2.24) is 5.32 Å². The van der Waals surface area contributed by atoms with E-state index in [1.165, 1.54) is 6.42 Å². The summed E-state index contributed by atoms with van der Waals surface area (Å²) >= 11 is 1.74. The maximum atomic E-state index is 11.8. The van der Waals surface area contributed by atoms with Gasteiger partial charge in [-0.15, -0.1) is 11.8 Å². The number of thioether (sulfide) groups is 1. The molecule has 0 aromatic heterocycles. The van der Waals surface area contributed by atoms with Crippen molar-refractivity contribution in [2.45, 2.75) is 57.8 Å². The second-order valence-electron chi connectivity index (χ2n) is 6.02. The van der Waals surface area contributed by atoms with E-state index in [0.717, 1.165) is 18.6 Å². The second kappa shape index (κ2) is 6.64. The number of carbonyl (C=O) groups is 1. The van der Waals surface area contributed by atoms with Crippen LogP contribution in [0.2, 0.25) is 0 Å². The summed E-state index contributed by atoms with van der Waals surface area (Å²) in [5, 5.41) is 12.8. The minimum absolute atomic E-state index is 0.0997. The van der Waals surface area contributed by atoms with Crippen molar-refractivity contribution in [2.24, 2.45) is 5.41 Å². The van der Waals surface area contributed by atoms with Crippen LogP contribution in [0.15, 0.2) is 0 Å². The summed E-state index contributed by atoms with van der Waals surface area (Å²) < 4.78 is 0. The fourth-order valence-electron chi connectivity index (χ4n) is 2.06. The summed E-state index contributed by atoms with van der Waals surface area (Å²) in [5.74, 6) is 1.19. The Hall–Kier alpha value is -0.220. The normalized spacial score (nSPS) is 23.2. The Morgan fingerprint density at radius 2 is 2.18 bits per heavy atom. The van der Waals surface area contributed by atoms with Crippen molar-refractivity contribution in [3.05, 3.63) is 0 Å². The van der Waals surface area contributed by atoms with Gasteiger partial charge in [0.15, 0.2) is 0 Å². The van der Waals surface area contributed by atoms with Crippen LogP contribution in [0.3, 0.4) is 0 Å². The monoisotopic (exact) mass is 259 g/mol. The van der Waals surface area contributed by atoms with Gasteiger partial charge in [0.05, 0.1) is 11.4 Å². The molecule has 100 valence electrons. The molecule has 0 aromatic rings. The summed E-state index contributed by atoms with van der Waals surface area (Å²) in [4.78, 5) is 11.8. The Bertz CT molecular complexity index is 244. The molecule has 3 nitrogen and oxygen atoms in total. The molecule has 1 amide bonds. The molecule has 1 rings (SSSR count). The third kappa shape index (κ3) is 6.32. The van der Waals surface area contributed by atoms with Gasteiger partial charge in [-0.3, -0.25) is 4.79 Å². The van der Waals surface area contributed by atoms with Crippen LogP contribution < -0.4 is 5.32 Å². The fourth-order valence-corrected chi connectivity index (χ4v) is 3.28. The molecule has 0 aromatic carbocycles. The van der Waals surface area contributed by atoms with Crippen LogP contribution in [0.1, 0.15) is 46.5 Å². The average molecular weight is 259 g/mol. The maximum Gasteiger partial charge on any atom is 0.233 e. The van der Waals surface area contributed by atoms with Gasteiger partial charge in [0.2, 0.25) is 5.91 Å². The summed E-state index contributed by atoms with van der Waals surface area (Å²) in [6, 6.07) is 0. The van der Waals surface area contributed by atoms with Gasteiger partial charge in [-0.05, 0) is 30.4 Å². The zero-order chi connectivity index (χ0) is 12.9. The van der Waals surface area contributed by atoms with Crippen molar-refractivity contribution >= 4 is 17.7 Å². The smallest absolute Gasteiger partial charge is 0.233 e. The zero-order valence-corrected chi connectivity index (χ0v) is 12.0. The van der Waals surface area contributed by atoms with E-state index in [4.69, 9.17) is 0 Å². The molecule has 4 heteroatoms. The molecule has 0 spiro atoms. The molecular formula is C13H25NO2S. The van der Waals surface area contributed by atoms with E-state index in [0.29, 0.717) is 13.0 Å². The Balaban J connectivity index is 2.22. The number of rotatable bonds is 4. The highest BCUT2D eigenvalue weighted by Crippen LogP contribution is 2.25. The van der Waals surface area contributed by atoms with Gasteiger partial charge >= 0.3 is 0 Å². The molecule has 2 N–H and O–H groups in total. The molecule has 17 heavy (non-hydrogen) atoms. The van der Waals surface area contributed by atoms with Crippen LogP contribution in [0.4, 0.5) is 0 Å². The van der Waals surface area contributed by atoms with Gasteiger partial charge in [-0.25, -0.2) is 0 Å². The van der Waals surface area contributed by atoms with Crippen molar-refractivity contribution in [3.63, 3.8) is 0 Å². The van der Waals surface area contributed by atoms with Gasteiger partial charge in [-0.2, -0.15) is 0 Å². The number of amides is 1. The van der Waals surface area contributed by atoms with Gasteiger partial charge in [0.25, 0.3) is 0 Å². The number of carbonyl (C=O) groups excluding carboxylic acids is 1. The minimum atomic E-state index is -0.437. The molecule has 1 saturated heterocycles. The van der Waals surface area contributed by atoms with Crippen molar-refractivity contribution in [1.29, 1.82) is 0 Å². The standard InChI is InChI=1S/C13H25NO2S/c1-13(2,3)8-10(15)9-14-12(16)11-6-4-5-7-17-11/h10-11,15H,4-9H2,1-3H3,(H,14,16). The third-order valence-electron chi connectivity index (χ3n) is 2.83. The number of hydrogen-bond acceptors (Lipinski definition) is 3. The van der Waals surface area contributed by atoms with Crippen molar-refractivity contribution in [3.8, 4) is 0 Å².